The molecule has 102 valence electrons. The molecule has 3 atom stereocenters. The molecule has 2 aliphatic rings. The van der Waals surface area contributed by atoms with E-state index in [-0.39, 0.29) is 24.8 Å². The highest BCUT2D eigenvalue weighted by atomic mass is 35.5. The molecule has 0 radical (unpaired) electrons. The summed E-state index contributed by atoms with van der Waals surface area (Å²) in [6, 6.07) is 2.48. The highest BCUT2D eigenvalue weighted by Gasteiger charge is 2.40. The van der Waals surface area contributed by atoms with E-state index in [1.165, 1.54) is 12.8 Å². The van der Waals surface area contributed by atoms with E-state index >= 15 is 0 Å². The van der Waals surface area contributed by atoms with Crippen molar-refractivity contribution < 1.29 is 0 Å². The zero-order valence-corrected chi connectivity index (χ0v) is 12.1. The molecule has 1 aromatic rings. The fourth-order valence-electron chi connectivity index (χ4n) is 3.07. The predicted molar refractivity (Wildman–Crippen MR) is 77.7 cm³/mol. The van der Waals surface area contributed by atoms with Gasteiger partial charge in [0.15, 0.2) is 0 Å². The maximum atomic E-state index is 6.20. The van der Waals surface area contributed by atoms with E-state index < -0.39 is 0 Å². The molecular formula is C12H20Cl2N4. The van der Waals surface area contributed by atoms with Crippen molar-refractivity contribution in [1.82, 2.24) is 9.97 Å². The van der Waals surface area contributed by atoms with Gasteiger partial charge in [0, 0.05) is 30.9 Å². The number of aromatic nitrogens is 2. The van der Waals surface area contributed by atoms with Crippen molar-refractivity contribution in [3.05, 3.63) is 18.1 Å². The second-order valence-corrected chi connectivity index (χ2v) is 5.10. The molecule has 1 saturated carbocycles. The van der Waals surface area contributed by atoms with E-state index in [1.54, 1.807) is 6.33 Å². The lowest BCUT2D eigenvalue weighted by atomic mass is 9.93. The fraction of sp³-hybridized carbons (Fsp3) is 0.667. The number of anilines is 1. The van der Waals surface area contributed by atoms with Crippen molar-refractivity contribution in [2.45, 2.75) is 25.8 Å². The first-order valence-electron chi connectivity index (χ1n) is 6.03. The first kappa shape index (κ1) is 15.5. The van der Waals surface area contributed by atoms with Crippen LogP contribution in [-0.4, -0.2) is 29.1 Å². The molecule has 2 fully saturated rings. The van der Waals surface area contributed by atoms with Gasteiger partial charge in [0.25, 0.3) is 0 Å². The van der Waals surface area contributed by atoms with Crippen molar-refractivity contribution in [3.8, 4) is 0 Å². The summed E-state index contributed by atoms with van der Waals surface area (Å²) in [7, 11) is 0. The molecule has 6 heteroatoms. The number of hydrogen-bond donors (Lipinski definition) is 1. The second-order valence-electron chi connectivity index (χ2n) is 5.10. The largest absolute Gasteiger partial charge is 0.356 e. The van der Waals surface area contributed by atoms with Gasteiger partial charge in [-0.25, -0.2) is 9.97 Å². The fourth-order valence-corrected chi connectivity index (χ4v) is 3.07. The topological polar surface area (TPSA) is 55.0 Å². The lowest BCUT2D eigenvalue weighted by molar-refractivity contribution is 0.355. The first-order chi connectivity index (χ1) is 7.74. The van der Waals surface area contributed by atoms with Crippen molar-refractivity contribution in [3.63, 3.8) is 0 Å². The minimum absolute atomic E-state index is 0. The van der Waals surface area contributed by atoms with E-state index in [1.807, 2.05) is 6.92 Å². The summed E-state index contributed by atoms with van der Waals surface area (Å²) in [5.74, 6) is 2.39. The van der Waals surface area contributed by atoms with E-state index in [9.17, 15) is 0 Å². The lowest BCUT2D eigenvalue weighted by Crippen LogP contribution is -2.49. The van der Waals surface area contributed by atoms with Gasteiger partial charge >= 0.3 is 0 Å². The van der Waals surface area contributed by atoms with Crippen molar-refractivity contribution in [2.24, 2.45) is 17.6 Å². The SMILES string of the molecule is Cc1cc(N2C[C@H]3CC[C@@H](C2)[C@@H]3N)ncn1.Cl.Cl. The summed E-state index contributed by atoms with van der Waals surface area (Å²) >= 11 is 0. The van der Waals surface area contributed by atoms with Crippen LogP contribution < -0.4 is 10.6 Å². The van der Waals surface area contributed by atoms with Crippen molar-refractivity contribution in [1.29, 1.82) is 0 Å². The van der Waals surface area contributed by atoms with Crippen LogP contribution in [0, 0.1) is 18.8 Å². The van der Waals surface area contributed by atoms with Crippen LogP contribution in [-0.2, 0) is 0 Å². The van der Waals surface area contributed by atoms with Gasteiger partial charge in [-0.2, -0.15) is 0 Å². The Hall–Kier alpha value is -0.580. The minimum Gasteiger partial charge on any atom is -0.356 e. The van der Waals surface area contributed by atoms with Gasteiger partial charge in [0.1, 0.15) is 12.1 Å². The Morgan fingerprint density at radius 1 is 1.17 bits per heavy atom. The Labute approximate surface area is 120 Å². The summed E-state index contributed by atoms with van der Waals surface area (Å²) in [5, 5.41) is 0. The number of fused-ring (bicyclic) bond motifs is 2. The van der Waals surface area contributed by atoms with E-state index in [4.69, 9.17) is 5.73 Å². The minimum atomic E-state index is 0. The summed E-state index contributed by atoms with van der Waals surface area (Å²) < 4.78 is 0. The molecule has 0 amide bonds. The Kier molecular flexibility index (Phi) is 5.20. The van der Waals surface area contributed by atoms with Gasteiger partial charge in [-0.15, -0.1) is 24.8 Å². The van der Waals surface area contributed by atoms with Crippen molar-refractivity contribution in [2.75, 3.05) is 18.0 Å². The van der Waals surface area contributed by atoms with Gasteiger partial charge in [-0.3, -0.25) is 0 Å². The average Bonchev–Trinajstić information content (AvgIpc) is 2.53. The highest BCUT2D eigenvalue weighted by Crippen LogP contribution is 2.36. The normalized spacial score (nSPS) is 29.4. The van der Waals surface area contributed by atoms with Crippen LogP contribution in [0.25, 0.3) is 0 Å². The van der Waals surface area contributed by atoms with E-state index in [0.29, 0.717) is 17.9 Å². The van der Waals surface area contributed by atoms with Crippen molar-refractivity contribution >= 4 is 30.6 Å². The zero-order valence-electron chi connectivity index (χ0n) is 10.5. The summed E-state index contributed by atoms with van der Waals surface area (Å²) in [6.45, 7) is 4.14. The third kappa shape index (κ3) is 2.71. The van der Waals surface area contributed by atoms with Gasteiger partial charge in [-0.1, -0.05) is 0 Å². The third-order valence-corrected chi connectivity index (χ3v) is 4.02. The lowest BCUT2D eigenvalue weighted by Gasteiger charge is -2.36. The Balaban J connectivity index is 0.000000810. The molecule has 18 heavy (non-hydrogen) atoms. The van der Waals surface area contributed by atoms with E-state index in [2.05, 4.69) is 20.9 Å². The van der Waals surface area contributed by atoms with Gasteiger partial charge < -0.3 is 10.6 Å². The van der Waals surface area contributed by atoms with Crippen LogP contribution >= 0.6 is 24.8 Å². The van der Waals surface area contributed by atoms with Crippen LogP contribution in [0.2, 0.25) is 0 Å². The summed E-state index contributed by atoms with van der Waals surface area (Å²) in [5.41, 5.74) is 7.23. The molecule has 1 aliphatic heterocycles. The molecule has 0 spiro atoms. The maximum absolute atomic E-state index is 6.20. The summed E-state index contributed by atoms with van der Waals surface area (Å²) in [6.07, 6.45) is 4.22. The second kappa shape index (κ2) is 6.04. The number of piperidine rings is 1. The third-order valence-electron chi connectivity index (χ3n) is 4.02. The van der Waals surface area contributed by atoms with Crippen LogP contribution in [0.15, 0.2) is 12.4 Å². The molecule has 0 unspecified atom stereocenters. The van der Waals surface area contributed by atoms with Crippen LogP contribution in [0.1, 0.15) is 18.5 Å². The predicted octanol–water partition coefficient (Wildman–Crippen LogP) is 1.80. The molecule has 2 heterocycles. The number of hydrogen-bond acceptors (Lipinski definition) is 4. The molecule has 2 bridgehead atoms. The van der Waals surface area contributed by atoms with Gasteiger partial charge in [-0.05, 0) is 31.6 Å². The number of rotatable bonds is 1. The number of aryl methyl sites for hydroxylation is 1. The molecule has 4 nitrogen and oxygen atoms in total. The molecular weight excluding hydrogens is 271 g/mol. The Morgan fingerprint density at radius 2 is 1.78 bits per heavy atom. The molecule has 2 N–H and O–H groups in total. The standard InChI is InChI=1S/C12H18N4.2ClH/c1-8-4-11(15-7-14-8)16-5-9-2-3-10(6-16)12(9)13;;/h4,7,9-10,12H,2-3,5-6,13H2,1H3;2*1H/t9-,10+,12-;;. The molecule has 1 saturated heterocycles. The zero-order chi connectivity index (χ0) is 11.1. The average molecular weight is 291 g/mol. The molecule has 1 aliphatic carbocycles. The monoisotopic (exact) mass is 290 g/mol. The number of halogens is 2. The number of nitrogens with zero attached hydrogens (tertiary/aromatic N) is 3. The quantitative estimate of drug-likeness (QED) is 0.857. The van der Waals surface area contributed by atoms with Crippen LogP contribution in [0.4, 0.5) is 5.82 Å². The Bertz CT molecular complexity index is 387. The smallest absolute Gasteiger partial charge is 0.132 e. The highest BCUT2D eigenvalue weighted by molar-refractivity contribution is 5.85. The van der Waals surface area contributed by atoms with E-state index in [0.717, 1.165) is 24.6 Å². The Morgan fingerprint density at radius 3 is 2.33 bits per heavy atom. The van der Waals surface area contributed by atoms with Crippen LogP contribution in [0.5, 0.6) is 0 Å². The van der Waals surface area contributed by atoms with Gasteiger partial charge in [0.05, 0.1) is 0 Å². The number of nitrogens with two attached hydrogens (primary N) is 1. The summed E-state index contributed by atoms with van der Waals surface area (Å²) in [4.78, 5) is 10.9. The molecule has 1 aromatic heterocycles. The maximum Gasteiger partial charge on any atom is 0.132 e. The van der Waals surface area contributed by atoms with Crippen LogP contribution in [0.3, 0.4) is 0 Å². The molecule has 3 rings (SSSR count). The molecule has 0 aromatic carbocycles. The van der Waals surface area contributed by atoms with Gasteiger partial charge in [0.2, 0.25) is 0 Å². The first-order valence-corrected chi connectivity index (χ1v) is 6.03.